The van der Waals surface area contributed by atoms with Crippen LogP contribution in [0.1, 0.15) is 73.1 Å². The monoisotopic (exact) mass is 770 g/mol. The molecule has 0 amide bonds. The Labute approximate surface area is 313 Å². The van der Waals surface area contributed by atoms with Gasteiger partial charge < -0.3 is 33.9 Å². The summed E-state index contributed by atoms with van der Waals surface area (Å²) in [5, 5.41) is 17.9. The van der Waals surface area contributed by atoms with Crippen LogP contribution in [0.15, 0.2) is 48.8 Å². The minimum Gasteiger partial charge on any atom is -0.461 e. The molecule has 0 aliphatic carbocycles. The molecule has 2 aliphatic heterocycles. The molecule has 3 N–H and O–H groups in total. The summed E-state index contributed by atoms with van der Waals surface area (Å²) in [6, 6.07) is 12.1. The van der Waals surface area contributed by atoms with Crippen LogP contribution in [-0.4, -0.2) is 82.3 Å². The molecular formula is C36H47N6O11P. The van der Waals surface area contributed by atoms with E-state index in [2.05, 4.69) is 21.2 Å². The topological polar surface area (TPSA) is 225 Å². The van der Waals surface area contributed by atoms with Gasteiger partial charge in [0, 0.05) is 12.8 Å². The number of fused-ring (bicyclic) bond motifs is 1. The minimum absolute atomic E-state index is 0.110. The molecule has 2 aliphatic rings. The average Bonchev–Trinajstić information content (AvgIpc) is 3.67. The van der Waals surface area contributed by atoms with Crippen molar-refractivity contribution in [2.24, 2.45) is 10.8 Å². The number of rotatable bonds is 12. The largest absolute Gasteiger partial charge is 0.461 e. The summed E-state index contributed by atoms with van der Waals surface area (Å²) in [5.74, 6) is -1.93. The molecule has 5 rings (SSSR count). The van der Waals surface area contributed by atoms with Crippen molar-refractivity contribution in [3.8, 4) is 11.8 Å². The normalized spacial score (nSPS) is 23.9. The summed E-state index contributed by atoms with van der Waals surface area (Å²) in [6.07, 6.45) is -2.61. The molecule has 3 aromatic rings. The number of hydrogen-bond acceptors (Lipinski definition) is 15. The molecule has 6 atom stereocenters. The second-order valence-electron chi connectivity index (χ2n) is 15.2. The lowest BCUT2D eigenvalue weighted by Crippen LogP contribution is -2.51. The van der Waals surface area contributed by atoms with Gasteiger partial charge >= 0.3 is 25.7 Å². The van der Waals surface area contributed by atoms with Gasteiger partial charge in [-0.1, -0.05) is 18.2 Å². The predicted octanol–water partition coefficient (Wildman–Crippen LogP) is 4.46. The standard InChI is InChI=1S/C36H47N6O11P/c1-22(31(43)49-23-15-17-47-18-16-23)41-54(46,53-24-11-9-8-10-12-24)48-20-36(19-37)29(51-33(45)35(5,6)7)28(50-32(44)34(2,3)4)27(52-36)25-13-14-26-30(38)39-21-40-42(25)26/h8-14,21-23,27-29H,15-18,20H2,1-7H3,(H,41,46)(H2,38,39,40)/t22-,27-,28-,29-,36+,54?/m0/s1. The number of nitrogens with zero attached hydrogens (tertiary/aromatic N) is 4. The number of carbonyl (C=O) groups excluding carboxylic acids is 3. The Morgan fingerprint density at radius 2 is 1.69 bits per heavy atom. The molecular weight excluding hydrogens is 723 g/mol. The van der Waals surface area contributed by atoms with Gasteiger partial charge in [-0.05, 0) is 72.7 Å². The maximum absolute atomic E-state index is 14.6. The lowest BCUT2D eigenvalue weighted by atomic mass is 9.92. The highest BCUT2D eigenvalue weighted by Gasteiger charge is 2.63. The zero-order valence-corrected chi connectivity index (χ0v) is 32.2. The SMILES string of the molecule is C[C@H](NP(=O)(OC[C@@]1(C#N)O[C@@H](c2ccc3c(N)ncnn23)[C@H](OC(=O)C(C)(C)C)[C@@H]1OC(=O)C(C)(C)C)Oc1ccccc1)C(=O)OC1CCOCC1. The van der Waals surface area contributed by atoms with E-state index in [0.29, 0.717) is 31.6 Å². The number of nitrogen functional groups attached to an aromatic ring is 1. The Kier molecular flexibility index (Phi) is 12.0. The highest BCUT2D eigenvalue weighted by Crippen LogP contribution is 2.50. The number of hydrogen-bond donors (Lipinski definition) is 2. The number of nitriles is 1. The number of benzene rings is 1. The third-order valence-electron chi connectivity index (χ3n) is 8.66. The second-order valence-corrected chi connectivity index (χ2v) is 16.9. The molecule has 18 heteroatoms. The van der Waals surface area contributed by atoms with Crippen molar-refractivity contribution in [3.05, 3.63) is 54.5 Å². The maximum atomic E-state index is 14.6. The maximum Gasteiger partial charge on any atom is 0.459 e. The van der Waals surface area contributed by atoms with Gasteiger partial charge in [0.15, 0.2) is 18.0 Å². The number of ether oxygens (including phenoxy) is 5. The first-order chi connectivity index (χ1) is 25.4. The molecule has 2 aromatic heterocycles. The third kappa shape index (κ3) is 9.19. The van der Waals surface area contributed by atoms with Crippen LogP contribution in [0.2, 0.25) is 0 Å². The summed E-state index contributed by atoms with van der Waals surface area (Å²) in [5.41, 5.74) is 2.34. The van der Waals surface area contributed by atoms with Crippen molar-refractivity contribution in [1.29, 1.82) is 5.26 Å². The van der Waals surface area contributed by atoms with Gasteiger partial charge in [-0.25, -0.2) is 14.1 Å². The Hall–Kier alpha value is -4.59. The fourth-order valence-corrected chi connectivity index (χ4v) is 7.08. The molecule has 0 bridgehead atoms. The first-order valence-corrected chi connectivity index (χ1v) is 19.0. The van der Waals surface area contributed by atoms with Gasteiger partial charge in [-0.2, -0.15) is 15.4 Å². The summed E-state index contributed by atoms with van der Waals surface area (Å²) in [7, 11) is -4.60. The number of aromatic nitrogens is 3. The van der Waals surface area contributed by atoms with Crippen molar-refractivity contribution in [3.63, 3.8) is 0 Å². The predicted molar refractivity (Wildman–Crippen MR) is 191 cm³/mol. The zero-order chi connectivity index (χ0) is 39.5. The van der Waals surface area contributed by atoms with Crippen molar-refractivity contribution < 1.29 is 51.7 Å². The smallest absolute Gasteiger partial charge is 0.459 e. The lowest BCUT2D eigenvalue weighted by Gasteiger charge is -2.32. The first-order valence-electron chi connectivity index (χ1n) is 17.5. The van der Waals surface area contributed by atoms with E-state index < -0.39 is 79.2 Å². The number of nitrogens with two attached hydrogens (primary N) is 1. The molecule has 1 aromatic carbocycles. The molecule has 17 nitrogen and oxygen atoms in total. The molecule has 292 valence electrons. The summed E-state index contributed by atoms with van der Waals surface area (Å²) < 4.78 is 57.3. The van der Waals surface area contributed by atoms with Gasteiger partial charge in [0.2, 0.25) is 5.60 Å². The van der Waals surface area contributed by atoms with Crippen LogP contribution in [0.5, 0.6) is 5.75 Å². The molecule has 1 unspecified atom stereocenters. The van der Waals surface area contributed by atoms with Crippen molar-refractivity contribution >= 4 is 37.0 Å². The number of esters is 3. The van der Waals surface area contributed by atoms with Gasteiger partial charge in [0.05, 0.1) is 29.7 Å². The Balaban J connectivity index is 1.55. The minimum atomic E-state index is -4.60. The van der Waals surface area contributed by atoms with Crippen LogP contribution < -0.4 is 15.3 Å². The fourth-order valence-electron chi connectivity index (χ4n) is 5.56. The van der Waals surface area contributed by atoms with Crippen LogP contribution in [0.25, 0.3) is 5.52 Å². The highest BCUT2D eigenvalue weighted by molar-refractivity contribution is 7.52. The van der Waals surface area contributed by atoms with Crippen LogP contribution in [0.3, 0.4) is 0 Å². The molecule has 4 heterocycles. The summed E-state index contributed by atoms with van der Waals surface area (Å²) in [4.78, 5) is 44.3. The van der Waals surface area contributed by atoms with Crippen LogP contribution in [0, 0.1) is 22.2 Å². The third-order valence-corrected chi connectivity index (χ3v) is 10.3. The quantitative estimate of drug-likeness (QED) is 0.147. The van der Waals surface area contributed by atoms with E-state index in [-0.39, 0.29) is 17.3 Å². The van der Waals surface area contributed by atoms with Crippen molar-refractivity contribution in [1.82, 2.24) is 19.7 Å². The first kappa shape index (κ1) is 40.6. The lowest BCUT2D eigenvalue weighted by molar-refractivity contribution is -0.179. The summed E-state index contributed by atoms with van der Waals surface area (Å²) >= 11 is 0. The van der Waals surface area contributed by atoms with E-state index in [0.717, 1.165) is 0 Å². The Morgan fingerprint density at radius 3 is 2.31 bits per heavy atom. The zero-order valence-electron chi connectivity index (χ0n) is 31.3. The number of anilines is 1. The van der Waals surface area contributed by atoms with Crippen LogP contribution in [0.4, 0.5) is 5.82 Å². The number of carbonyl (C=O) groups is 3. The van der Waals surface area contributed by atoms with Crippen LogP contribution in [-0.2, 0) is 47.2 Å². The molecule has 0 saturated carbocycles. The molecule has 2 fully saturated rings. The fraction of sp³-hybridized carbons (Fsp3) is 0.556. The van der Waals surface area contributed by atoms with E-state index in [4.69, 9.17) is 38.5 Å². The average molecular weight is 771 g/mol. The Morgan fingerprint density at radius 1 is 1.04 bits per heavy atom. The van der Waals surface area contributed by atoms with E-state index in [9.17, 15) is 24.2 Å². The Bertz CT molecular complexity index is 1920. The molecule has 0 radical (unpaired) electrons. The number of nitrogens with one attached hydrogen (secondary N) is 1. The highest BCUT2D eigenvalue weighted by atomic mass is 31.2. The van der Waals surface area contributed by atoms with Gasteiger partial charge in [0.1, 0.15) is 48.5 Å². The second kappa shape index (κ2) is 16.0. The number of para-hydroxylation sites is 1. The van der Waals surface area contributed by atoms with E-state index in [1.807, 2.05) is 0 Å². The van der Waals surface area contributed by atoms with E-state index in [1.165, 1.54) is 29.9 Å². The summed E-state index contributed by atoms with van der Waals surface area (Å²) in [6.45, 7) is 11.1. The van der Waals surface area contributed by atoms with Crippen molar-refractivity contribution in [2.75, 3.05) is 25.6 Å². The van der Waals surface area contributed by atoms with Gasteiger partial charge in [-0.15, -0.1) is 0 Å². The van der Waals surface area contributed by atoms with Crippen molar-refractivity contribution in [2.45, 2.75) is 97.4 Å². The van der Waals surface area contributed by atoms with E-state index in [1.54, 1.807) is 71.9 Å². The van der Waals surface area contributed by atoms with Gasteiger partial charge in [-0.3, -0.25) is 18.9 Å². The molecule has 2 saturated heterocycles. The molecule has 0 spiro atoms. The van der Waals surface area contributed by atoms with Gasteiger partial charge in [0.25, 0.3) is 0 Å². The van der Waals surface area contributed by atoms with Crippen LogP contribution >= 0.6 is 7.75 Å². The van der Waals surface area contributed by atoms with E-state index >= 15 is 0 Å². The molecule has 54 heavy (non-hydrogen) atoms.